The van der Waals surface area contributed by atoms with E-state index in [-0.39, 0.29) is 37.4 Å². The summed E-state index contributed by atoms with van der Waals surface area (Å²) in [5, 5.41) is 3.33. The summed E-state index contributed by atoms with van der Waals surface area (Å²) in [7, 11) is 0. The van der Waals surface area contributed by atoms with Crippen LogP contribution in [-0.2, 0) is 19.1 Å². The van der Waals surface area contributed by atoms with Crippen molar-refractivity contribution in [2.24, 2.45) is 0 Å². The molecule has 1 aromatic carbocycles. The highest BCUT2D eigenvalue weighted by Crippen LogP contribution is 2.39. The maximum atomic E-state index is 12.8. The number of halogens is 1. The van der Waals surface area contributed by atoms with E-state index in [0.29, 0.717) is 21.9 Å². The molecule has 0 aromatic heterocycles. The van der Waals surface area contributed by atoms with Crippen LogP contribution in [0.2, 0.25) is 5.02 Å². The molecule has 0 bridgehead atoms. The van der Waals surface area contributed by atoms with Gasteiger partial charge in [-0.15, -0.1) is 0 Å². The van der Waals surface area contributed by atoms with Crippen LogP contribution in [0.3, 0.4) is 0 Å². The normalized spacial score (nSPS) is 18.1. The quantitative estimate of drug-likeness (QED) is 0.704. The van der Waals surface area contributed by atoms with Crippen LogP contribution in [0.4, 0.5) is 0 Å². The van der Waals surface area contributed by atoms with E-state index < -0.39 is 11.9 Å². The van der Waals surface area contributed by atoms with Crippen LogP contribution in [0.25, 0.3) is 0 Å². The third kappa shape index (κ3) is 4.93. The Balaban J connectivity index is 2.42. The van der Waals surface area contributed by atoms with E-state index in [0.717, 1.165) is 6.42 Å². The van der Waals surface area contributed by atoms with Gasteiger partial charge < -0.3 is 15.0 Å². The first-order valence-corrected chi connectivity index (χ1v) is 9.89. The Bertz CT molecular complexity index is 790. The van der Waals surface area contributed by atoms with E-state index in [9.17, 15) is 14.4 Å². The summed E-state index contributed by atoms with van der Waals surface area (Å²) >= 11 is 6.33. The number of amides is 2. The standard InChI is InChI=1S/C21H27ClN2O4/c1-5-13(3)23-18(25)12-24-14(4)20(21(27)28-6-2)16(11-19(24)26)15-9-7-8-10-17(15)22/h7-10,13,16H,5-6,11-12H2,1-4H3,(H,23,25)/t13-,16+/m1/s1. The summed E-state index contributed by atoms with van der Waals surface area (Å²) < 4.78 is 5.24. The number of ether oxygens (including phenoxy) is 1. The highest BCUT2D eigenvalue weighted by molar-refractivity contribution is 6.31. The average molecular weight is 407 g/mol. The lowest BCUT2D eigenvalue weighted by Crippen LogP contribution is -2.45. The Labute approximate surface area is 170 Å². The minimum absolute atomic E-state index is 0.0112. The molecule has 0 unspecified atom stereocenters. The molecular formula is C21H27ClN2O4. The van der Waals surface area contributed by atoms with Crippen molar-refractivity contribution in [3.63, 3.8) is 0 Å². The predicted octanol–water partition coefficient (Wildman–Crippen LogP) is 3.41. The second-order valence-corrected chi connectivity index (χ2v) is 7.26. The van der Waals surface area contributed by atoms with Gasteiger partial charge in [-0.25, -0.2) is 4.79 Å². The summed E-state index contributed by atoms with van der Waals surface area (Å²) in [5.41, 5.74) is 1.49. The molecule has 1 aliphatic rings. The minimum Gasteiger partial charge on any atom is -0.463 e. The number of allylic oxidation sites excluding steroid dienone is 1. The molecule has 1 N–H and O–H groups in total. The van der Waals surface area contributed by atoms with Crippen LogP contribution in [0, 0.1) is 0 Å². The minimum atomic E-state index is -0.505. The van der Waals surface area contributed by atoms with Crippen LogP contribution in [-0.4, -0.2) is 41.9 Å². The molecule has 0 saturated heterocycles. The molecule has 28 heavy (non-hydrogen) atoms. The molecule has 1 aliphatic heterocycles. The highest BCUT2D eigenvalue weighted by Gasteiger charge is 2.38. The molecule has 0 aliphatic carbocycles. The van der Waals surface area contributed by atoms with E-state index in [1.54, 1.807) is 32.0 Å². The second-order valence-electron chi connectivity index (χ2n) is 6.85. The third-order valence-electron chi connectivity index (χ3n) is 4.92. The Kier molecular flexibility index (Phi) is 7.63. The Morgan fingerprint density at radius 3 is 2.61 bits per heavy atom. The van der Waals surface area contributed by atoms with Crippen molar-refractivity contribution in [1.29, 1.82) is 0 Å². The van der Waals surface area contributed by atoms with Crippen molar-refractivity contribution < 1.29 is 19.1 Å². The van der Waals surface area contributed by atoms with E-state index in [2.05, 4.69) is 5.32 Å². The van der Waals surface area contributed by atoms with Gasteiger partial charge in [0.15, 0.2) is 0 Å². The van der Waals surface area contributed by atoms with Crippen molar-refractivity contribution in [2.75, 3.05) is 13.2 Å². The SMILES string of the molecule is CCOC(=O)C1=C(C)N(CC(=O)N[C@H](C)CC)C(=O)C[C@H]1c1ccccc1Cl. The number of hydrogen-bond acceptors (Lipinski definition) is 4. The summed E-state index contributed by atoms with van der Waals surface area (Å²) in [4.78, 5) is 39.2. The molecule has 7 heteroatoms. The summed E-state index contributed by atoms with van der Waals surface area (Å²) in [5.74, 6) is -1.49. The van der Waals surface area contributed by atoms with E-state index >= 15 is 0 Å². The lowest BCUT2D eigenvalue weighted by Gasteiger charge is -2.34. The van der Waals surface area contributed by atoms with Crippen molar-refractivity contribution in [3.05, 3.63) is 46.1 Å². The molecule has 0 spiro atoms. The summed E-state index contributed by atoms with van der Waals surface area (Å²) in [6, 6.07) is 7.15. The fraction of sp³-hybridized carbons (Fsp3) is 0.476. The molecular weight excluding hydrogens is 380 g/mol. The second kappa shape index (κ2) is 9.73. The van der Waals surface area contributed by atoms with Gasteiger partial charge in [0.05, 0.1) is 12.2 Å². The van der Waals surface area contributed by atoms with Crippen molar-refractivity contribution in [3.8, 4) is 0 Å². The lowest BCUT2D eigenvalue weighted by atomic mass is 9.83. The first-order chi connectivity index (χ1) is 13.3. The zero-order valence-electron chi connectivity index (χ0n) is 16.8. The van der Waals surface area contributed by atoms with Crippen molar-refractivity contribution >= 4 is 29.4 Å². The number of nitrogens with zero attached hydrogens (tertiary/aromatic N) is 1. The van der Waals surface area contributed by atoms with Gasteiger partial charge in [0, 0.05) is 29.1 Å². The van der Waals surface area contributed by atoms with Crippen LogP contribution in [0.1, 0.15) is 52.0 Å². The molecule has 0 fully saturated rings. The molecule has 0 radical (unpaired) electrons. The smallest absolute Gasteiger partial charge is 0.336 e. The molecule has 6 nitrogen and oxygen atoms in total. The Hall–Kier alpha value is -2.34. The topological polar surface area (TPSA) is 75.7 Å². The van der Waals surface area contributed by atoms with Crippen LogP contribution < -0.4 is 5.32 Å². The summed E-state index contributed by atoms with van der Waals surface area (Å²) in [6.45, 7) is 7.35. The van der Waals surface area contributed by atoms with E-state index in [4.69, 9.17) is 16.3 Å². The van der Waals surface area contributed by atoms with Gasteiger partial charge in [0.1, 0.15) is 6.54 Å². The molecule has 1 heterocycles. The number of nitrogens with one attached hydrogen (secondary N) is 1. The zero-order chi connectivity index (χ0) is 20.8. The molecule has 2 atom stereocenters. The van der Waals surface area contributed by atoms with Gasteiger partial charge in [-0.1, -0.05) is 36.7 Å². The fourth-order valence-corrected chi connectivity index (χ4v) is 3.53. The van der Waals surface area contributed by atoms with Crippen LogP contribution in [0.15, 0.2) is 35.5 Å². The third-order valence-corrected chi connectivity index (χ3v) is 5.26. The first kappa shape index (κ1) is 22.0. The van der Waals surface area contributed by atoms with Gasteiger partial charge in [-0.05, 0) is 38.8 Å². The van der Waals surface area contributed by atoms with Crippen molar-refractivity contribution in [1.82, 2.24) is 10.2 Å². The van der Waals surface area contributed by atoms with Crippen LogP contribution in [0.5, 0.6) is 0 Å². The molecule has 0 saturated carbocycles. The van der Waals surface area contributed by atoms with Gasteiger partial charge in [-0.3, -0.25) is 9.59 Å². The van der Waals surface area contributed by atoms with Gasteiger partial charge >= 0.3 is 5.97 Å². The highest BCUT2D eigenvalue weighted by atomic mass is 35.5. The number of hydrogen-bond donors (Lipinski definition) is 1. The Morgan fingerprint density at radius 1 is 1.32 bits per heavy atom. The molecule has 152 valence electrons. The monoisotopic (exact) mass is 406 g/mol. The van der Waals surface area contributed by atoms with Crippen LogP contribution >= 0.6 is 11.6 Å². The predicted molar refractivity (Wildman–Crippen MR) is 108 cm³/mol. The number of esters is 1. The van der Waals surface area contributed by atoms with E-state index in [1.165, 1.54) is 4.90 Å². The zero-order valence-corrected chi connectivity index (χ0v) is 17.5. The summed E-state index contributed by atoms with van der Waals surface area (Å²) in [6.07, 6.45) is 0.836. The van der Waals surface area contributed by atoms with Crippen molar-refractivity contribution in [2.45, 2.75) is 52.5 Å². The van der Waals surface area contributed by atoms with E-state index in [1.807, 2.05) is 19.9 Å². The first-order valence-electron chi connectivity index (χ1n) is 9.52. The largest absolute Gasteiger partial charge is 0.463 e. The maximum absolute atomic E-state index is 12.8. The molecule has 2 amide bonds. The van der Waals surface area contributed by atoms with Gasteiger partial charge in [0.25, 0.3) is 0 Å². The number of carbonyl (C=O) groups excluding carboxylic acids is 3. The Morgan fingerprint density at radius 2 is 2.00 bits per heavy atom. The fourth-order valence-electron chi connectivity index (χ4n) is 3.27. The lowest BCUT2D eigenvalue weighted by molar-refractivity contribution is -0.141. The number of carbonyl (C=O) groups is 3. The maximum Gasteiger partial charge on any atom is 0.336 e. The van der Waals surface area contributed by atoms with Gasteiger partial charge in [-0.2, -0.15) is 0 Å². The number of benzene rings is 1. The average Bonchev–Trinajstić information content (AvgIpc) is 2.65. The molecule has 2 rings (SSSR count). The van der Waals surface area contributed by atoms with Gasteiger partial charge in [0.2, 0.25) is 11.8 Å². The number of rotatable bonds is 7. The molecule has 1 aromatic rings.